The number of likely N-dealkylation sites (tertiary alicyclic amines) is 1. The number of nitrogens with two attached hydrogens (primary N) is 1. The number of carbonyl (C=O) groups excluding carboxylic acids is 1. The van der Waals surface area contributed by atoms with Crippen LogP contribution in [-0.2, 0) is 0 Å². The van der Waals surface area contributed by atoms with Crippen molar-refractivity contribution in [3.05, 3.63) is 47.3 Å². The van der Waals surface area contributed by atoms with Gasteiger partial charge in [-0.25, -0.2) is 9.92 Å². The number of hydrogen-bond acceptors (Lipinski definition) is 8. The van der Waals surface area contributed by atoms with Gasteiger partial charge < -0.3 is 31.5 Å². The number of benzene rings is 2. The van der Waals surface area contributed by atoms with Crippen molar-refractivity contribution in [1.29, 1.82) is 5.53 Å². The molecule has 7 N–H and O–H groups in total. The van der Waals surface area contributed by atoms with Crippen LogP contribution in [0.15, 0.2) is 35.4 Å². The van der Waals surface area contributed by atoms with Crippen LogP contribution >= 0.6 is 0 Å². The van der Waals surface area contributed by atoms with Gasteiger partial charge in [-0.3, -0.25) is 4.79 Å². The van der Waals surface area contributed by atoms with Gasteiger partial charge in [0.1, 0.15) is 17.1 Å². The fraction of sp³-hybridized carbons (Fsp3) is 0.480. The highest BCUT2D eigenvalue weighted by Gasteiger charge is 2.50. The van der Waals surface area contributed by atoms with Crippen LogP contribution in [-0.4, -0.2) is 57.4 Å². The van der Waals surface area contributed by atoms with Crippen molar-refractivity contribution in [1.82, 2.24) is 10.2 Å². The summed E-state index contributed by atoms with van der Waals surface area (Å²) >= 11 is 0. The molecule has 188 valence electrons. The minimum absolute atomic E-state index is 0.0949. The molecule has 1 saturated carbocycles. The molecule has 1 heterocycles. The summed E-state index contributed by atoms with van der Waals surface area (Å²) in [5.74, 6) is -0.862. The van der Waals surface area contributed by atoms with Gasteiger partial charge in [-0.2, -0.15) is 5.11 Å². The predicted molar refractivity (Wildman–Crippen MR) is 132 cm³/mol. The summed E-state index contributed by atoms with van der Waals surface area (Å²) in [4.78, 5) is 14.9. The maximum absolute atomic E-state index is 14.5. The number of nitrogen functional groups attached to an aromatic ring is 1. The number of β-amino-alcohol motifs (C(OH)–C–C–N with tert-alkyl or cyclic N) is 1. The minimum Gasteiger partial charge on any atom is -0.397 e. The smallest absolute Gasteiger partial charge is 0.256 e. The Balaban J connectivity index is 1.52. The topological polar surface area (TPSA) is 147 Å². The van der Waals surface area contributed by atoms with Gasteiger partial charge in [0.25, 0.3) is 5.91 Å². The van der Waals surface area contributed by atoms with E-state index in [0.717, 1.165) is 18.4 Å². The fourth-order valence-electron chi connectivity index (χ4n) is 4.92. The average Bonchev–Trinajstić information content (AvgIpc) is 3.11. The van der Waals surface area contributed by atoms with Crippen LogP contribution in [0.3, 0.4) is 0 Å². The van der Waals surface area contributed by atoms with Crippen LogP contribution in [0.1, 0.15) is 49.0 Å². The van der Waals surface area contributed by atoms with Crippen molar-refractivity contribution in [2.24, 2.45) is 5.11 Å². The van der Waals surface area contributed by atoms with E-state index in [1.54, 1.807) is 26.0 Å². The lowest BCUT2D eigenvalue weighted by Gasteiger charge is -2.51. The first-order valence-corrected chi connectivity index (χ1v) is 11.8. The number of aryl methyl sites for hydroxylation is 1. The van der Waals surface area contributed by atoms with Crippen molar-refractivity contribution >= 4 is 28.7 Å². The molecule has 0 aromatic heterocycles. The number of nitrogens with one attached hydrogen (secondary N) is 3. The highest BCUT2D eigenvalue weighted by Crippen LogP contribution is 2.36. The van der Waals surface area contributed by atoms with Crippen molar-refractivity contribution in [3.8, 4) is 0 Å². The van der Waals surface area contributed by atoms with E-state index in [0.29, 0.717) is 6.42 Å². The van der Waals surface area contributed by atoms with Crippen molar-refractivity contribution in [2.45, 2.75) is 63.3 Å². The molecule has 10 heteroatoms. The number of anilines is 3. The molecule has 0 bridgehead atoms. The van der Waals surface area contributed by atoms with Gasteiger partial charge in [0.05, 0.1) is 41.3 Å². The maximum Gasteiger partial charge on any atom is 0.256 e. The van der Waals surface area contributed by atoms with E-state index in [2.05, 4.69) is 15.7 Å². The summed E-state index contributed by atoms with van der Waals surface area (Å²) in [6.07, 6.45) is 2.45. The van der Waals surface area contributed by atoms with Gasteiger partial charge >= 0.3 is 0 Å². The van der Waals surface area contributed by atoms with Crippen molar-refractivity contribution in [2.75, 3.05) is 24.1 Å². The zero-order chi connectivity index (χ0) is 25.5. The maximum atomic E-state index is 14.5. The molecule has 0 radical (unpaired) electrons. The molecule has 4 rings (SSSR count). The van der Waals surface area contributed by atoms with Crippen LogP contribution < -0.4 is 16.4 Å². The van der Waals surface area contributed by atoms with Crippen LogP contribution in [0.5, 0.6) is 0 Å². The summed E-state index contributed by atoms with van der Waals surface area (Å²) < 4.78 is 14.5. The molecule has 1 aliphatic carbocycles. The number of amides is 1. The zero-order valence-electron chi connectivity index (χ0n) is 20.2. The molecule has 1 saturated heterocycles. The molecule has 0 spiro atoms. The molecule has 3 atom stereocenters. The van der Waals surface area contributed by atoms with Crippen LogP contribution in [0, 0.1) is 18.3 Å². The second-order valence-electron chi connectivity index (χ2n) is 10.1. The molecule has 1 amide bonds. The van der Waals surface area contributed by atoms with Gasteiger partial charge in [0.2, 0.25) is 0 Å². The normalized spacial score (nSPS) is 24.1. The lowest BCUT2D eigenvalue weighted by Crippen LogP contribution is -2.72. The van der Waals surface area contributed by atoms with E-state index in [-0.39, 0.29) is 59.4 Å². The predicted octanol–water partition coefficient (Wildman–Crippen LogP) is 3.59. The Kier molecular flexibility index (Phi) is 6.56. The van der Waals surface area contributed by atoms with Gasteiger partial charge in [-0.15, -0.1) is 0 Å². The molecule has 35 heavy (non-hydrogen) atoms. The summed E-state index contributed by atoms with van der Waals surface area (Å²) in [5.41, 5.74) is 13.1. The molecule has 2 aromatic rings. The lowest BCUT2D eigenvalue weighted by atomic mass is 9.85. The Morgan fingerprint density at radius 1 is 1.29 bits per heavy atom. The number of hydrogen-bond donors (Lipinski definition) is 6. The lowest BCUT2D eigenvalue weighted by molar-refractivity contribution is -0.106. The Bertz CT molecular complexity index is 1150. The number of aliphatic hydroxyl groups is 2. The Morgan fingerprint density at radius 3 is 2.60 bits per heavy atom. The summed E-state index contributed by atoms with van der Waals surface area (Å²) in [7, 11) is 0. The quantitative estimate of drug-likeness (QED) is 0.261. The van der Waals surface area contributed by atoms with Gasteiger partial charge in [0, 0.05) is 12.1 Å². The largest absolute Gasteiger partial charge is 0.397 e. The standard InChI is InChI=1S/C25H33FN6O3/c1-14-6-7-19(17(26)9-14)30-20-11-21(31-28)18(27)10-16(20)23(33)32-12-25(35,13-32)15(2)29-22-5-4-8-24(22,3)34/h6-7,9-11,15,22,28-30,34-35H,4-5,8,12-13,27H2,1-3H3. The zero-order valence-corrected chi connectivity index (χ0v) is 20.2. The Labute approximate surface area is 204 Å². The van der Waals surface area contributed by atoms with E-state index in [1.807, 2.05) is 6.92 Å². The monoisotopic (exact) mass is 484 g/mol. The van der Waals surface area contributed by atoms with E-state index in [1.165, 1.54) is 23.1 Å². The van der Waals surface area contributed by atoms with E-state index in [9.17, 15) is 19.4 Å². The van der Waals surface area contributed by atoms with Crippen LogP contribution in [0.4, 0.5) is 27.1 Å². The van der Waals surface area contributed by atoms with Gasteiger partial charge in [-0.1, -0.05) is 6.07 Å². The van der Waals surface area contributed by atoms with Gasteiger partial charge in [-0.05, 0) is 69.9 Å². The van der Waals surface area contributed by atoms with E-state index in [4.69, 9.17) is 11.3 Å². The Morgan fingerprint density at radius 2 is 2.00 bits per heavy atom. The third-order valence-electron chi connectivity index (χ3n) is 7.31. The molecule has 1 aliphatic heterocycles. The summed E-state index contributed by atoms with van der Waals surface area (Å²) in [5, 5.41) is 31.3. The van der Waals surface area contributed by atoms with E-state index < -0.39 is 17.0 Å². The number of halogens is 1. The minimum atomic E-state index is -1.15. The highest BCUT2D eigenvalue weighted by molar-refractivity contribution is 6.03. The third-order valence-corrected chi connectivity index (χ3v) is 7.31. The second kappa shape index (κ2) is 9.18. The number of rotatable bonds is 7. The van der Waals surface area contributed by atoms with Gasteiger partial charge in [0.15, 0.2) is 0 Å². The van der Waals surface area contributed by atoms with Crippen LogP contribution in [0.2, 0.25) is 0 Å². The Hall–Kier alpha value is -3.08. The third kappa shape index (κ3) is 4.86. The summed E-state index contributed by atoms with van der Waals surface area (Å²) in [6.45, 7) is 5.62. The molecular formula is C25H33FN6O3. The fourth-order valence-corrected chi connectivity index (χ4v) is 4.92. The summed E-state index contributed by atoms with van der Waals surface area (Å²) in [6, 6.07) is 7.09. The van der Waals surface area contributed by atoms with E-state index >= 15 is 0 Å². The number of carbonyl (C=O) groups is 1. The van der Waals surface area contributed by atoms with Crippen LogP contribution in [0.25, 0.3) is 0 Å². The molecule has 9 nitrogen and oxygen atoms in total. The van der Waals surface area contributed by atoms with Crippen molar-refractivity contribution < 1.29 is 19.4 Å². The number of nitrogens with zero attached hydrogens (tertiary/aromatic N) is 2. The molecule has 3 unspecified atom stereocenters. The highest BCUT2D eigenvalue weighted by atomic mass is 19.1. The molecule has 2 fully saturated rings. The molecule has 2 aliphatic rings. The molecule has 2 aromatic carbocycles. The SMILES string of the molecule is Cc1ccc(Nc2cc(N=N)c(N)cc2C(=O)N2CC(O)(C(C)NC3CCCC3(C)O)C2)c(F)c1. The first-order valence-electron chi connectivity index (χ1n) is 11.8. The average molecular weight is 485 g/mol. The molecular weight excluding hydrogens is 451 g/mol. The second-order valence-corrected chi connectivity index (χ2v) is 10.1. The van der Waals surface area contributed by atoms with Crippen molar-refractivity contribution in [3.63, 3.8) is 0 Å². The first kappa shape index (κ1) is 25.0. The first-order chi connectivity index (χ1) is 16.4.